The first kappa shape index (κ1) is 16.7. The zero-order chi connectivity index (χ0) is 16.4. The van der Waals surface area contributed by atoms with Crippen molar-refractivity contribution in [1.29, 1.82) is 0 Å². The van der Waals surface area contributed by atoms with Crippen LogP contribution in [0.1, 0.15) is 69.1 Å². The number of hydrogen-bond donors (Lipinski definition) is 0. The fourth-order valence-corrected chi connectivity index (χ4v) is 3.79. The van der Waals surface area contributed by atoms with Gasteiger partial charge in [0, 0.05) is 5.56 Å². The Morgan fingerprint density at radius 3 is 2.83 bits per heavy atom. The molecule has 1 saturated carbocycles. The summed E-state index contributed by atoms with van der Waals surface area (Å²) in [6, 6.07) is 3.98. The third-order valence-corrected chi connectivity index (χ3v) is 5.08. The van der Waals surface area contributed by atoms with Gasteiger partial charge >= 0.3 is 0 Å². The minimum absolute atomic E-state index is 0.167. The summed E-state index contributed by atoms with van der Waals surface area (Å²) in [5.41, 5.74) is 1.96. The van der Waals surface area contributed by atoms with Gasteiger partial charge in [0.25, 0.3) is 0 Å². The molecule has 3 atom stereocenters. The smallest absolute Gasteiger partial charge is 0.231 e. The maximum atomic E-state index is 11.0. The first-order valence-electron chi connectivity index (χ1n) is 8.29. The van der Waals surface area contributed by atoms with Crippen LogP contribution in [0.15, 0.2) is 12.1 Å². The van der Waals surface area contributed by atoms with E-state index in [0.29, 0.717) is 17.4 Å². The largest absolute Gasteiger partial charge is 0.750 e. The van der Waals surface area contributed by atoms with E-state index >= 15 is 0 Å². The molecule has 0 spiro atoms. The van der Waals surface area contributed by atoms with Crippen LogP contribution in [-0.2, 0) is 15.5 Å². The minimum atomic E-state index is -2.56. The van der Waals surface area contributed by atoms with Gasteiger partial charge in [0.1, 0.15) is 0 Å². The van der Waals surface area contributed by atoms with E-state index < -0.39 is 17.5 Å². The van der Waals surface area contributed by atoms with E-state index in [1.807, 2.05) is 6.07 Å². The molecule has 1 aromatic rings. The van der Waals surface area contributed by atoms with Crippen LogP contribution >= 0.6 is 0 Å². The summed E-state index contributed by atoms with van der Waals surface area (Å²) in [5, 5.41) is 0. The van der Waals surface area contributed by atoms with Gasteiger partial charge in [-0.25, -0.2) is 4.21 Å². The molecule has 5 nitrogen and oxygen atoms in total. The summed E-state index contributed by atoms with van der Waals surface area (Å²) in [6.45, 7) is 4.09. The van der Waals surface area contributed by atoms with Gasteiger partial charge < -0.3 is 14.0 Å². The van der Waals surface area contributed by atoms with Crippen LogP contribution in [0.25, 0.3) is 0 Å². The van der Waals surface area contributed by atoms with Gasteiger partial charge in [-0.1, -0.05) is 32.3 Å². The first-order valence-corrected chi connectivity index (χ1v) is 9.29. The fraction of sp³-hybridized carbons (Fsp3) is 0.647. The molecule has 0 amide bonds. The Kier molecular flexibility index (Phi) is 5.24. The van der Waals surface area contributed by atoms with Crippen LogP contribution in [0.3, 0.4) is 0 Å². The van der Waals surface area contributed by atoms with E-state index in [2.05, 4.69) is 13.0 Å². The van der Waals surface area contributed by atoms with Crippen molar-refractivity contribution in [2.75, 3.05) is 6.79 Å². The van der Waals surface area contributed by atoms with E-state index in [-0.39, 0.29) is 6.79 Å². The van der Waals surface area contributed by atoms with E-state index in [1.54, 1.807) is 6.92 Å². The van der Waals surface area contributed by atoms with E-state index in [4.69, 9.17) is 13.7 Å². The SMILES string of the molecule is CCCC(CC1CC1)c1ccc2c(c1C(C)OS(=O)[O-])OCO2. The van der Waals surface area contributed by atoms with Crippen molar-refractivity contribution in [2.45, 2.75) is 58.0 Å². The van der Waals surface area contributed by atoms with Gasteiger partial charge in [0.2, 0.25) is 6.79 Å². The van der Waals surface area contributed by atoms with Crippen molar-refractivity contribution in [3.05, 3.63) is 23.3 Å². The second kappa shape index (κ2) is 7.20. The summed E-state index contributed by atoms with van der Waals surface area (Å²) in [7, 11) is 0. The van der Waals surface area contributed by atoms with Crippen LogP contribution in [0, 0.1) is 5.92 Å². The second-order valence-corrected chi connectivity index (χ2v) is 7.01. The van der Waals surface area contributed by atoms with E-state index in [1.165, 1.54) is 12.8 Å². The molecule has 1 aliphatic carbocycles. The topological polar surface area (TPSA) is 67.8 Å². The third-order valence-electron chi connectivity index (χ3n) is 4.63. The maximum absolute atomic E-state index is 11.0. The average molecular weight is 339 g/mol. The minimum Gasteiger partial charge on any atom is -0.750 e. The molecule has 3 unspecified atom stereocenters. The molecule has 0 radical (unpaired) electrons. The lowest BCUT2D eigenvalue weighted by Crippen LogP contribution is -2.11. The molecule has 128 valence electrons. The highest BCUT2D eigenvalue weighted by Crippen LogP contribution is 2.48. The molecule has 0 bridgehead atoms. The summed E-state index contributed by atoms with van der Waals surface area (Å²) >= 11 is -2.56. The Hall–Kier alpha value is -1.11. The molecular weight excluding hydrogens is 316 g/mol. The van der Waals surface area contributed by atoms with Crippen LogP contribution in [0.2, 0.25) is 0 Å². The van der Waals surface area contributed by atoms with E-state index in [9.17, 15) is 8.76 Å². The van der Waals surface area contributed by atoms with Gasteiger partial charge in [-0.15, -0.1) is 0 Å². The number of rotatable bonds is 8. The molecule has 3 rings (SSSR count). The molecule has 0 aromatic heterocycles. The van der Waals surface area contributed by atoms with Crippen molar-refractivity contribution in [3.8, 4) is 11.5 Å². The Labute approximate surface area is 139 Å². The third kappa shape index (κ3) is 3.87. The summed E-state index contributed by atoms with van der Waals surface area (Å²) < 4.78 is 38.1. The zero-order valence-corrected chi connectivity index (χ0v) is 14.4. The van der Waals surface area contributed by atoms with E-state index in [0.717, 1.165) is 36.3 Å². The highest BCUT2D eigenvalue weighted by molar-refractivity contribution is 7.74. The van der Waals surface area contributed by atoms with Crippen LogP contribution in [0.5, 0.6) is 11.5 Å². The molecule has 0 N–H and O–H groups in total. The number of ether oxygens (including phenoxy) is 2. The van der Waals surface area contributed by atoms with Crippen molar-refractivity contribution in [1.82, 2.24) is 0 Å². The van der Waals surface area contributed by atoms with Gasteiger partial charge in [-0.2, -0.15) is 0 Å². The quantitative estimate of drug-likeness (QED) is 0.670. The van der Waals surface area contributed by atoms with Crippen LogP contribution in [-0.4, -0.2) is 15.6 Å². The Morgan fingerprint density at radius 2 is 2.17 bits per heavy atom. The predicted molar refractivity (Wildman–Crippen MR) is 86.0 cm³/mol. The zero-order valence-electron chi connectivity index (χ0n) is 13.6. The Bertz CT molecular complexity index is 585. The normalized spacial score (nSPS) is 20.3. The van der Waals surface area contributed by atoms with Crippen LogP contribution in [0.4, 0.5) is 0 Å². The summed E-state index contributed by atoms with van der Waals surface area (Å²) in [6.07, 6.45) is 5.34. The number of fused-ring (bicyclic) bond motifs is 1. The molecule has 23 heavy (non-hydrogen) atoms. The van der Waals surface area contributed by atoms with Crippen molar-refractivity contribution in [2.24, 2.45) is 5.92 Å². The highest BCUT2D eigenvalue weighted by Gasteiger charge is 2.31. The Morgan fingerprint density at radius 1 is 1.39 bits per heavy atom. The lowest BCUT2D eigenvalue weighted by atomic mass is 9.84. The lowest BCUT2D eigenvalue weighted by molar-refractivity contribution is 0.168. The van der Waals surface area contributed by atoms with Crippen molar-refractivity contribution >= 4 is 11.4 Å². The maximum Gasteiger partial charge on any atom is 0.231 e. The van der Waals surface area contributed by atoms with Crippen molar-refractivity contribution < 1.29 is 22.4 Å². The number of hydrogen-bond acceptors (Lipinski definition) is 5. The summed E-state index contributed by atoms with van der Waals surface area (Å²) in [5.74, 6) is 2.51. The van der Waals surface area contributed by atoms with Gasteiger partial charge in [-0.05, 0) is 43.2 Å². The fourth-order valence-electron chi connectivity index (χ4n) is 3.46. The van der Waals surface area contributed by atoms with Crippen molar-refractivity contribution in [3.63, 3.8) is 0 Å². The molecular formula is C17H23O5S-. The molecule has 1 fully saturated rings. The molecule has 1 aromatic carbocycles. The second-order valence-electron chi connectivity index (χ2n) is 6.41. The Balaban J connectivity index is 1.98. The first-order chi connectivity index (χ1) is 11.1. The lowest BCUT2D eigenvalue weighted by Gasteiger charge is -2.25. The highest BCUT2D eigenvalue weighted by atomic mass is 32.2. The monoisotopic (exact) mass is 339 g/mol. The molecule has 1 heterocycles. The van der Waals surface area contributed by atoms with Gasteiger partial charge in [-0.3, -0.25) is 4.18 Å². The number of benzene rings is 1. The van der Waals surface area contributed by atoms with Gasteiger partial charge in [0.15, 0.2) is 11.5 Å². The van der Waals surface area contributed by atoms with Gasteiger partial charge in [0.05, 0.1) is 17.5 Å². The molecule has 2 aliphatic rings. The molecule has 6 heteroatoms. The summed E-state index contributed by atoms with van der Waals surface area (Å²) in [4.78, 5) is 0. The molecule has 0 saturated heterocycles. The van der Waals surface area contributed by atoms with Crippen LogP contribution < -0.4 is 9.47 Å². The molecule has 1 aliphatic heterocycles. The predicted octanol–water partition coefficient (Wildman–Crippen LogP) is 3.97. The average Bonchev–Trinajstić information content (AvgIpc) is 3.19. The standard InChI is InChI=1S/C17H24O5S/c1-3-4-13(9-12-5-6-12)14-7-8-15-17(21-10-20-15)16(14)11(2)22-23(18)19/h7-8,11-13H,3-6,9-10H2,1-2H3,(H,18,19)/p-1.